The van der Waals surface area contributed by atoms with Crippen LogP contribution in [-0.4, -0.2) is 37.0 Å². The van der Waals surface area contributed by atoms with Gasteiger partial charge in [-0.1, -0.05) is 156 Å². The fourth-order valence-corrected chi connectivity index (χ4v) is 12.3. The van der Waals surface area contributed by atoms with E-state index in [2.05, 4.69) is 27.7 Å². The third-order valence-corrected chi connectivity index (χ3v) is 15.8. The largest absolute Gasteiger partial charge is 0.324 e. The Labute approximate surface area is 254 Å². The summed E-state index contributed by atoms with van der Waals surface area (Å²) in [5.41, 5.74) is 0. The van der Waals surface area contributed by atoms with Gasteiger partial charge in [-0.3, -0.25) is 0 Å². The smallest absolute Gasteiger partial charge is 0.0877 e. The summed E-state index contributed by atoms with van der Waals surface area (Å²) in [5.74, 6) is 0. The van der Waals surface area contributed by atoms with Crippen LogP contribution in [-0.2, 0) is 9.13 Å². The second kappa shape index (κ2) is 29.5. The molecule has 0 rings (SSSR count). The molecule has 0 bridgehead atoms. The highest BCUT2D eigenvalue weighted by molar-refractivity contribution is 7.64. The Morgan fingerprint density at radius 2 is 0.400 bits per heavy atom. The first kappa shape index (κ1) is 40.5. The number of rotatable bonds is 33. The van der Waals surface area contributed by atoms with E-state index < -0.39 is 14.3 Å². The van der Waals surface area contributed by atoms with Crippen LogP contribution in [0, 0.1) is 0 Å². The predicted octanol–water partition coefficient (Wildman–Crippen LogP) is 13.9. The van der Waals surface area contributed by atoms with Crippen LogP contribution in [0.2, 0.25) is 0 Å². The van der Waals surface area contributed by atoms with Crippen molar-refractivity contribution >= 4 is 14.3 Å². The van der Waals surface area contributed by atoms with Crippen molar-refractivity contribution in [2.75, 3.05) is 37.0 Å². The van der Waals surface area contributed by atoms with E-state index in [1.54, 1.807) is 0 Å². The summed E-state index contributed by atoms with van der Waals surface area (Å²) in [7, 11) is -4.15. The molecule has 0 aromatic heterocycles. The van der Waals surface area contributed by atoms with Crippen LogP contribution in [0.5, 0.6) is 0 Å². The van der Waals surface area contributed by atoms with E-state index in [0.29, 0.717) is 0 Å². The lowest BCUT2D eigenvalue weighted by Gasteiger charge is -2.21. The van der Waals surface area contributed by atoms with Gasteiger partial charge in [0.15, 0.2) is 0 Å². The van der Waals surface area contributed by atoms with Gasteiger partial charge in [0.1, 0.15) is 0 Å². The molecule has 0 N–H and O–H groups in total. The Bertz CT molecular complexity index is 512. The first-order chi connectivity index (χ1) is 19.4. The van der Waals surface area contributed by atoms with Crippen molar-refractivity contribution < 1.29 is 9.13 Å². The zero-order valence-electron chi connectivity index (χ0n) is 28.3. The summed E-state index contributed by atoms with van der Waals surface area (Å²) < 4.78 is 28.1. The van der Waals surface area contributed by atoms with E-state index in [1.807, 2.05) is 0 Å². The molecule has 0 spiro atoms. The molecule has 0 aliphatic carbocycles. The zero-order chi connectivity index (χ0) is 29.6. The second-order valence-electron chi connectivity index (χ2n) is 13.2. The molecule has 0 radical (unpaired) electrons. The van der Waals surface area contributed by atoms with Crippen LogP contribution in [0.4, 0.5) is 0 Å². The van der Waals surface area contributed by atoms with Crippen LogP contribution >= 0.6 is 14.3 Å². The van der Waals surface area contributed by atoms with Crippen molar-refractivity contribution in [3.63, 3.8) is 0 Å². The average molecular weight is 603 g/mol. The van der Waals surface area contributed by atoms with E-state index in [9.17, 15) is 9.13 Å². The van der Waals surface area contributed by atoms with E-state index in [1.165, 1.54) is 128 Å². The van der Waals surface area contributed by atoms with Gasteiger partial charge in [0.25, 0.3) is 0 Å². The molecule has 0 atom stereocenters. The highest BCUT2D eigenvalue weighted by Crippen LogP contribution is 2.51. The Morgan fingerprint density at radius 3 is 0.600 bits per heavy atom. The molecule has 2 nitrogen and oxygen atoms in total. The fraction of sp³-hybridized carbons (Fsp3) is 1.00. The van der Waals surface area contributed by atoms with Gasteiger partial charge in [-0.2, -0.15) is 0 Å². The Kier molecular flexibility index (Phi) is 29.9. The lowest BCUT2D eigenvalue weighted by Crippen LogP contribution is -2.05. The van der Waals surface area contributed by atoms with Gasteiger partial charge in [-0.25, -0.2) is 0 Å². The van der Waals surface area contributed by atoms with E-state index in [-0.39, 0.29) is 0 Å². The Hall–Kier alpha value is 0.460. The molecule has 0 saturated heterocycles. The van der Waals surface area contributed by atoms with Crippen molar-refractivity contribution in [1.29, 1.82) is 0 Å². The second-order valence-corrected chi connectivity index (χ2v) is 20.2. The molecule has 0 saturated carbocycles. The number of unbranched alkanes of at least 4 members (excludes halogenated alkanes) is 21. The van der Waals surface area contributed by atoms with Gasteiger partial charge in [0.2, 0.25) is 0 Å². The summed E-state index contributed by atoms with van der Waals surface area (Å²) >= 11 is 0. The lowest BCUT2D eigenvalue weighted by molar-refractivity contribution is 0.554. The molecule has 40 heavy (non-hydrogen) atoms. The molecular formula is C36H76O2P2. The predicted molar refractivity (Wildman–Crippen MR) is 187 cm³/mol. The first-order valence-corrected chi connectivity index (χ1v) is 23.1. The van der Waals surface area contributed by atoms with Crippen molar-refractivity contribution in [2.45, 2.75) is 195 Å². The summed E-state index contributed by atoms with van der Waals surface area (Å²) in [6.45, 7) is 9.09. The zero-order valence-corrected chi connectivity index (χ0v) is 30.1. The highest BCUT2D eigenvalue weighted by Gasteiger charge is 2.24. The van der Waals surface area contributed by atoms with Crippen LogP contribution in [0.15, 0.2) is 0 Å². The molecule has 242 valence electrons. The third-order valence-electron chi connectivity index (χ3n) is 9.06. The third kappa shape index (κ3) is 26.1. The lowest BCUT2D eigenvalue weighted by atomic mass is 10.1. The van der Waals surface area contributed by atoms with Gasteiger partial charge >= 0.3 is 0 Å². The van der Waals surface area contributed by atoms with Crippen molar-refractivity contribution in [2.24, 2.45) is 0 Å². The van der Waals surface area contributed by atoms with Crippen LogP contribution in [0.25, 0.3) is 0 Å². The molecule has 0 amide bonds. The standard InChI is InChI=1S/C36H76O2P2/c1-5-9-13-17-21-25-31-39(37,32-26-22-18-14-10-6-2)35-29-30-36-40(38,33-27-23-19-15-11-7-3)34-28-24-20-16-12-8-4/h5-36H2,1-4H3. The maximum absolute atomic E-state index is 14.0. The minimum absolute atomic E-state index is 0.922. The number of hydrogen-bond acceptors (Lipinski definition) is 2. The molecule has 0 aliphatic heterocycles. The van der Waals surface area contributed by atoms with Crippen LogP contribution < -0.4 is 0 Å². The minimum Gasteiger partial charge on any atom is -0.324 e. The molecule has 0 aromatic carbocycles. The first-order valence-electron chi connectivity index (χ1n) is 18.6. The Balaban J connectivity index is 4.74. The molecule has 0 unspecified atom stereocenters. The quantitative estimate of drug-likeness (QED) is 0.0553. The summed E-state index contributed by atoms with van der Waals surface area (Å²) in [4.78, 5) is 0. The van der Waals surface area contributed by atoms with E-state index >= 15 is 0 Å². The van der Waals surface area contributed by atoms with E-state index in [4.69, 9.17) is 0 Å². The van der Waals surface area contributed by atoms with Crippen molar-refractivity contribution in [3.8, 4) is 0 Å². The molecular weight excluding hydrogens is 526 g/mol. The summed E-state index contributed by atoms with van der Waals surface area (Å²) in [6.07, 6.45) is 38.6. The van der Waals surface area contributed by atoms with E-state index in [0.717, 1.165) is 75.5 Å². The summed E-state index contributed by atoms with van der Waals surface area (Å²) in [5, 5.41) is 0. The van der Waals surface area contributed by atoms with Gasteiger partial charge < -0.3 is 9.13 Å². The average Bonchev–Trinajstić information content (AvgIpc) is 2.95. The normalized spacial score (nSPS) is 12.4. The van der Waals surface area contributed by atoms with Gasteiger partial charge in [0.05, 0.1) is 14.3 Å². The highest BCUT2D eigenvalue weighted by atomic mass is 31.2. The molecule has 0 aromatic rings. The summed E-state index contributed by atoms with van der Waals surface area (Å²) in [6, 6.07) is 0. The maximum atomic E-state index is 14.0. The Morgan fingerprint density at radius 1 is 0.250 bits per heavy atom. The van der Waals surface area contributed by atoms with Gasteiger partial charge in [-0.05, 0) is 38.5 Å². The monoisotopic (exact) mass is 603 g/mol. The molecule has 0 fully saturated rings. The van der Waals surface area contributed by atoms with Gasteiger partial charge in [-0.15, -0.1) is 0 Å². The molecule has 0 aliphatic rings. The minimum atomic E-state index is -2.08. The SMILES string of the molecule is CCCCCCCCP(=O)(CCCCCCCC)CCCCP(=O)(CCCCCCCC)CCCCCCCC. The fourth-order valence-electron chi connectivity index (χ4n) is 6.19. The maximum Gasteiger partial charge on any atom is 0.0877 e. The molecule has 0 heterocycles. The topological polar surface area (TPSA) is 34.1 Å². The van der Waals surface area contributed by atoms with Gasteiger partial charge in [0, 0.05) is 37.0 Å². The number of hydrogen-bond donors (Lipinski definition) is 0. The van der Waals surface area contributed by atoms with Crippen molar-refractivity contribution in [3.05, 3.63) is 0 Å². The van der Waals surface area contributed by atoms with Crippen LogP contribution in [0.3, 0.4) is 0 Å². The van der Waals surface area contributed by atoms with Crippen molar-refractivity contribution in [1.82, 2.24) is 0 Å². The van der Waals surface area contributed by atoms with Crippen LogP contribution in [0.1, 0.15) is 195 Å². The molecule has 4 heteroatoms.